The number of ether oxygens (including phenoxy) is 4. The third-order valence-corrected chi connectivity index (χ3v) is 6.62. The minimum Gasteiger partial charge on any atom is -0.733 e. The van der Waals surface area contributed by atoms with Gasteiger partial charge in [-0.2, -0.15) is 0 Å². The van der Waals surface area contributed by atoms with E-state index in [-0.39, 0.29) is 28.8 Å². The highest BCUT2D eigenvalue weighted by Gasteiger charge is 2.23. The highest BCUT2D eigenvalue weighted by molar-refractivity contribution is 7.89. The molecule has 176 valence electrons. The summed E-state index contributed by atoms with van der Waals surface area (Å²) < 4.78 is 50.3. The van der Waals surface area contributed by atoms with Gasteiger partial charge < -0.3 is 29.4 Å². The van der Waals surface area contributed by atoms with Gasteiger partial charge in [0.25, 0.3) is 0 Å². The highest BCUT2D eigenvalue weighted by atomic mass is 32.2. The molecule has 0 bridgehead atoms. The van der Waals surface area contributed by atoms with E-state index in [9.17, 15) is 18.8 Å². The van der Waals surface area contributed by atoms with Crippen LogP contribution in [0.5, 0.6) is 17.2 Å². The van der Waals surface area contributed by atoms with Crippen molar-refractivity contribution in [1.29, 1.82) is 0 Å². The van der Waals surface area contributed by atoms with Crippen molar-refractivity contribution in [2.75, 3.05) is 39.3 Å². The van der Waals surface area contributed by atoms with Crippen molar-refractivity contribution >= 4 is 15.7 Å². The van der Waals surface area contributed by atoms with Crippen molar-refractivity contribution in [1.82, 2.24) is 4.72 Å². The van der Waals surface area contributed by atoms with Gasteiger partial charge >= 0.3 is 0 Å². The van der Waals surface area contributed by atoms with E-state index in [1.165, 1.54) is 26.4 Å². The Morgan fingerprint density at radius 2 is 1.88 bits per heavy atom. The van der Waals surface area contributed by atoms with Crippen molar-refractivity contribution in [3.05, 3.63) is 47.2 Å². The maximum atomic E-state index is 13.1. The number of nitrogens with zero attached hydrogens (tertiary/aromatic N) is 1. The molecule has 0 radical (unpaired) electrons. The Kier molecular flexibility index (Phi) is 8.15. The molecule has 0 spiro atoms. The fourth-order valence-corrected chi connectivity index (χ4v) is 4.48. The number of hydrogen-bond donors (Lipinski definition) is 2. The first-order valence-electron chi connectivity index (χ1n) is 10.1. The van der Waals surface area contributed by atoms with Gasteiger partial charge in [0.05, 0.1) is 26.5 Å². The molecule has 2 N–H and O–H groups in total. The lowest BCUT2D eigenvalue weighted by Gasteiger charge is -2.25. The lowest BCUT2D eigenvalue weighted by Crippen LogP contribution is -2.26. The summed E-state index contributed by atoms with van der Waals surface area (Å²) in [6.07, 6.45) is 1.64. The van der Waals surface area contributed by atoms with Gasteiger partial charge in [-0.3, -0.25) is 5.21 Å². The largest absolute Gasteiger partial charge is 0.733 e. The molecule has 32 heavy (non-hydrogen) atoms. The van der Waals surface area contributed by atoms with Gasteiger partial charge in [0.2, 0.25) is 10.0 Å². The average Bonchev–Trinajstić information content (AvgIpc) is 2.81. The second-order valence-electron chi connectivity index (χ2n) is 7.27. The first-order valence-corrected chi connectivity index (χ1v) is 11.5. The van der Waals surface area contributed by atoms with E-state index < -0.39 is 15.2 Å². The Labute approximate surface area is 187 Å². The van der Waals surface area contributed by atoms with E-state index >= 15 is 0 Å². The van der Waals surface area contributed by atoms with Crippen LogP contribution in [0.1, 0.15) is 18.4 Å². The summed E-state index contributed by atoms with van der Waals surface area (Å²) in [6, 6.07) is 8.74. The van der Waals surface area contributed by atoms with Crippen LogP contribution in [-0.4, -0.2) is 47.7 Å². The fraction of sp³-hybridized carbons (Fsp3) is 0.429. The van der Waals surface area contributed by atoms with Crippen LogP contribution in [0.15, 0.2) is 41.3 Å². The predicted molar refractivity (Wildman–Crippen MR) is 117 cm³/mol. The molecule has 2 aromatic rings. The summed E-state index contributed by atoms with van der Waals surface area (Å²) in [4.78, 5) is -0.246. The van der Waals surface area contributed by atoms with Crippen LogP contribution in [0.2, 0.25) is 0 Å². The molecule has 1 aliphatic heterocycles. The number of benzene rings is 2. The molecule has 0 atom stereocenters. The predicted octanol–water partition coefficient (Wildman–Crippen LogP) is 2.68. The molecule has 0 amide bonds. The van der Waals surface area contributed by atoms with Crippen LogP contribution in [-0.2, 0) is 21.3 Å². The summed E-state index contributed by atoms with van der Waals surface area (Å²) in [5.41, 5.74) is 0.358. The second-order valence-corrected chi connectivity index (χ2v) is 9.01. The lowest BCUT2D eigenvalue weighted by molar-refractivity contribution is 0.0493. The maximum absolute atomic E-state index is 13.1. The van der Waals surface area contributed by atoms with Crippen LogP contribution in [0.3, 0.4) is 0 Å². The van der Waals surface area contributed by atoms with E-state index in [0.29, 0.717) is 36.9 Å². The van der Waals surface area contributed by atoms with E-state index in [1.807, 2.05) is 0 Å². The van der Waals surface area contributed by atoms with Gasteiger partial charge in [-0.1, -0.05) is 6.07 Å². The lowest BCUT2D eigenvalue weighted by atomic mass is 10.0. The zero-order chi connectivity index (χ0) is 23.1. The standard InChI is InChI=1S/C21H27N2O8S/c1-28-18-5-3-16(20(12-18)29-2)13-22-32(26,27)21-11-17(23(24)25)4-6-19(21)31-14-15-7-9-30-10-8-15/h3-6,11-12,15,22,24H,7-10,13-14H2,1-2H3/q-1. The zero-order valence-electron chi connectivity index (χ0n) is 17.9. The first-order chi connectivity index (χ1) is 15.3. The Balaban J connectivity index is 1.82. The normalized spacial score (nSPS) is 14.8. The maximum Gasteiger partial charge on any atom is 0.244 e. The Hall–Kier alpha value is -2.57. The summed E-state index contributed by atoms with van der Waals surface area (Å²) in [7, 11) is -1.11. The van der Waals surface area contributed by atoms with Crippen LogP contribution in [0.4, 0.5) is 5.69 Å². The summed E-state index contributed by atoms with van der Waals surface area (Å²) >= 11 is 0. The number of sulfonamides is 1. The van der Waals surface area contributed by atoms with Gasteiger partial charge in [0.1, 0.15) is 22.1 Å². The van der Waals surface area contributed by atoms with Gasteiger partial charge in [-0.25, -0.2) is 13.1 Å². The van der Waals surface area contributed by atoms with Crippen molar-refractivity contribution in [3.63, 3.8) is 0 Å². The van der Waals surface area contributed by atoms with Crippen LogP contribution >= 0.6 is 0 Å². The number of anilines is 1. The van der Waals surface area contributed by atoms with Crippen molar-refractivity contribution in [2.45, 2.75) is 24.3 Å². The van der Waals surface area contributed by atoms with E-state index in [1.54, 1.807) is 18.2 Å². The fourth-order valence-electron chi connectivity index (χ4n) is 3.31. The molecule has 10 nitrogen and oxygen atoms in total. The van der Waals surface area contributed by atoms with Crippen molar-refractivity contribution in [2.24, 2.45) is 5.92 Å². The average molecular weight is 468 g/mol. The first kappa shape index (κ1) is 24.1. The summed E-state index contributed by atoms with van der Waals surface area (Å²) in [5, 5.41) is 20.2. The van der Waals surface area contributed by atoms with Gasteiger partial charge in [0.15, 0.2) is 0 Å². The summed E-state index contributed by atoms with van der Waals surface area (Å²) in [5.74, 6) is 1.36. The third kappa shape index (κ3) is 6.02. The molecule has 0 unspecified atom stereocenters. The van der Waals surface area contributed by atoms with Crippen LogP contribution in [0, 0.1) is 11.1 Å². The quantitative estimate of drug-likeness (QED) is 0.507. The molecule has 1 heterocycles. The number of rotatable bonds is 10. The zero-order valence-corrected chi connectivity index (χ0v) is 18.8. The minimum atomic E-state index is -4.10. The number of hydrogen-bond acceptors (Lipinski definition) is 9. The van der Waals surface area contributed by atoms with Crippen LogP contribution < -0.4 is 24.2 Å². The van der Waals surface area contributed by atoms with Gasteiger partial charge in [0, 0.05) is 31.4 Å². The molecular weight excluding hydrogens is 440 g/mol. The molecule has 0 aromatic heterocycles. The van der Waals surface area contributed by atoms with Crippen molar-refractivity contribution in [3.8, 4) is 17.2 Å². The highest BCUT2D eigenvalue weighted by Crippen LogP contribution is 2.31. The minimum absolute atomic E-state index is 0.0701. The van der Waals surface area contributed by atoms with Gasteiger partial charge in [-0.15, -0.1) is 0 Å². The van der Waals surface area contributed by atoms with Crippen molar-refractivity contribution < 1.29 is 32.6 Å². The molecule has 2 aromatic carbocycles. The molecule has 1 aliphatic rings. The second kappa shape index (κ2) is 10.8. The number of nitrogens with one attached hydrogen (secondary N) is 1. The van der Waals surface area contributed by atoms with E-state index in [2.05, 4.69) is 4.72 Å². The third-order valence-electron chi connectivity index (χ3n) is 5.20. The Bertz CT molecular complexity index is 1010. The van der Waals surface area contributed by atoms with Crippen LogP contribution in [0.25, 0.3) is 0 Å². The molecule has 3 rings (SSSR count). The molecular formula is C21H27N2O8S-. The van der Waals surface area contributed by atoms with E-state index in [0.717, 1.165) is 18.9 Å². The van der Waals surface area contributed by atoms with E-state index in [4.69, 9.17) is 18.9 Å². The Morgan fingerprint density at radius 3 is 2.53 bits per heavy atom. The van der Waals surface area contributed by atoms with Gasteiger partial charge in [-0.05, 0) is 43.0 Å². The molecule has 1 fully saturated rings. The SMILES string of the molecule is COc1ccc(CNS(=O)(=O)c2cc(N([O-])O)ccc2OCC2CCOCC2)c(OC)c1. The summed E-state index contributed by atoms with van der Waals surface area (Å²) in [6.45, 7) is 1.52. The smallest absolute Gasteiger partial charge is 0.244 e. The molecule has 11 heteroatoms. The topological polar surface area (TPSA) is 130 Å². The monoisotopic (exact) mass is 467 g/mol. The molecule has 0 aliphatic carbocycles. The Morgan fingerprint density at radius 1 is 1.12 bits per heavy atom. The number of methoxy groups -OCH3 is 2. The molecule has 0 saturated carbocycles. The molecule has 1 saturated heterocycles.